The molecular weight excluding hydrogens is 154 g/mol. The molecule has 0 radical (unpaired) electrons. The highest BCUT2D eigenvalue weighted by atomic mass is 16.3. The SMILES string of the molecule is O[C@@]1(c2cncnc2)CCNC1. The van der Waals surface area contributed by atoms with E-state index >= 15 is 0 Å². The van der Waals surface area contributed by atoms with Crippen LogP contribution in [0.25, 0.3) is 0 Å². The Kier molecular flexibility index (Phi) is 1.78. The number of aromatic nitrogens is 2. The molecule has 0 unspecified atom stereocenters. The van der Waals surface area contributed by atoms with E-state index in [1.807, 2.05) is 0 Å². The summed E-state index contributed by atoms with van der Waals surface area (Å²) >= 11 is 0. The minimum atomic E-state index is -0.749. The fourth-order valence-corrected chi connectivity index (χ4v) is 1.46. The minimum Gasteiger partial charge on any atom is -0.384 e. The molecule has 4 heteroatoms. The molecule has 1 saturated heterocycles. The van der Waals surface area contributed by atoms with Crippen molar-refractivity contribution in [3.05, 3.63) is 24.3 Å². The largest absolute Gasteiger partial charge is 0.384 e. The van der Waals surface area contributed by atoms with Crippen molar-refractivity contribution in [2.45, 2.75) is 12.0 Å². The van der Waals surface area contributed by atoms with E-state index in [0.717, 1.165) is 18.5 Å². The van der Waals surface area contributed by atoms with Crippen LogP contribution in [0.2, 0.25) is 0 Å². The molecular formula is C8H11N3O. The van der Waals surface area contributed by atoms with Gasteiger partial charge in [-0.3, -0.25) is 0 Å². The molecule has 4 nitrogen and oxygen atoms in total. The van der Waals surface area contributed by atoms with Crippen LogP contribution < -0.4 is 5.32 Å². The molecule has 1 aromatic rings. The van der Waals surface area contributed by atoms with Gasteiger partial charge in [0.2, 0.25) is 0 Å². The number of rotatable bonds is 1. The lowest BCUT2D eigenvalue weighted by atomic mass is 9.96. The van der Waals surface area contributed by atoms with Gasteiger partial charge in [0.25, 0.3) is 0 Å². The van der Waals surface area contributed by atoms with Crippen molar-refractivity contribution in [3.8, 4) is 0 Å². The maximum atomic E-state index is 10.0. The molecule has 1 fully saturated rings. The molecule has 2 rings (SSSR count). The standard InChI is InChI=1S/C8H11N3O/c12-8(1-2-9-5-8)7-3-10-6-11-4-7/h3-4,6,9,12H,1-2,5H2/t8-/m0/s1. The smallest absolute Gasteiger partial charge is 0.115 e. The van der Waals surface area contributed by atoms with Gasteiger partial charge in [0, 0.05) is 24.5 Å². The Bertz CT molecular complexity index is 256. The third-order valence-corrected chi connectivity index (χ3v) is 2.23. The highest BCUT2D eigenvalue weighted by molar-refractivity contribution is 5.16. The Balaban J connectivity index is 2.29. The molecule has 0 amide bonds. The second-order valence-corrected chi connectivity index (χ2v) is 3.09. The third kappa shape index (κ3) is 1.19. The van der Waals surface area contributed by atoms with Gasteiger partial charge >= 0.3 is 0 Å². The van der Waals surface area contributed by atoms with Crippen LogP contribution in [0.4, 0.5) is 0 Å². The van der Waals surface area contributed by atoms with Crippen LogP contribution >= 0.6 is 0 Å². The summed E-state index contributed by atoms with van der Waals surface area (Å²) in [7, 11) is 0. The van der Waals surface area contributed by atoms with Crippen LogP contribution in [0, 0.1) is 0 Å². The molecule has 12 heavy (non-hydrogen) atoms. The summed E-state index contributed by atoms with van der Waals surface area (Å²) in [6.07, 6.45) is 5.54. The minimum absolute atomic E-state index is 0.598. The van der Waals surface area contributed by atoms with Crippen LogP contribution in [-0.4, -0.2) is 28.2 Å². The predicted octanol–water partition coefficient (Wildman–Crippen LogP) is -0.343. The summed E-state index contributed by atoms with van der Waals surface area (Å²) in [6.45, 7) is 1.45. The van der Waals surface area contributed by atoms with Crippen molar-refractivity contribution >= 4 is 0 Å². The van der Waals surface area contributed by atoms with E-state index in [1.54, 1.807) is 12.4 Å². The number of hydrogen-bond acceptors (Lipinski definition) is 4. The van der Waals surface area contributed by atoms with Crippen molar-refractivity contribution in [2.24, 2.45) is 0 Å². The van der Waals surface area contributed by atoms with Crippen LogP contribution in [-0.2, 0) is 5.60 Å². The van der Waals surface area contributed by atoms with Gasteiger partial charge < -0.3 is 10.4 Å². The van der Waals surface area contributed by atoms with Gasteiger partial charge in [-0.2, -0.15) is 0 Å². The first-order valence-corrected chi connectivity index (χ1v) is 4.00. The first kappa shape index (κ1) is 7.64. The summed E-state index contributed by atoms with van der Waals surface area (Å²) in [5, 5.41) is 13.1. The number of aliphatic hydroxyl groups is 1. The van der Waals surface area contributed by atoms with E-state index in [4.69, 9.17) is 0 Å². The molecule has 1 aromatic heterocycles. The fraction of sp³-hybridized carbons (Fsp3) is 0.500. The van der Waals surface area contributed by atoms with E-state index in [-0.39, 0.29) is 0 Å². The van der Waals surface area contributed by atoms with Crippen molar-refractivity contribution in [3.63, 3.8) is 0 Å². The quantitative estimate of drug-likeness (QED) is 0.597. The summed E-state index contributed by atoms with van der Waals surface area (Å²) < 4.78 is 0. The zero-order valence-electron chi connectivity index (χ0n) is 6.70. The van der Waals surface area contributed by atoms with Gasteiger partial charge in [-0.25, -0.2) is 9.97 Å². The molecule has 0 aromatic carbocycles. The lowest BCUT2D eigenvalue weighted by Gasteiger charge is -2.20. The van der Waals surface area contributed by atoms with Crippen LogP contribution in [0.1, 0.15) is 12.0 Å². The highest BCUT2D eigenvalue weighted by Gasteiger charge is 2.33. The zero-order chi connectivity index (χ0) is 8.44. The monoisotopic (exact) mass is 165 g/mol. The van der Waals surface area contributed by atoms with Gasteiger partial charge in [-0.05, 0) is 13.0 Å². The van der Waals surface area contributed by atoms with Crippen LogP contribution in [0.15, 0.2) is 18.7 Å². The average Bonchev–Trinajstić information content (AvgIpc) is 2.55. The molecule has 0 saturated carbocycles. The second kappa shape index (κ2) is 2.80. The molecule has 1 atom stereocenters. The number of nitrogens with zero attached hydrogens (tertiary/aromatic N) is 2. The maximum Gasteiger partial charge on any atom is 0.115 e. The predicted molar refractivity (Wildman–Crippen MR) is 43.4 cm³/mol. The van der Waals surface area contributed by atoms with E-state index in [9.17, 15) is 5.11 Å². The first-order chi connectivity index (χ1) is 5.81. The molecule has 0 bridgehead atoms. The Morgan fingerprint density at radius 2 is 2.17 bits per heavy atom. The average molecular weight is 165 g/mol. The molecule has 64 valence electrons. The van der Waals surface area contributed by atoms with E-state index in [2.05, 4.69) is 15.3 Å². The van der Waals surface area contributed by atoms with Crippen molar-refractivity contribution < 1.29 is 5.11 Å². The Labute approximate surface area is 70.7 Å². The lowest BCUT2D eigenvalue weighted by molar-refractivity contribution is 0.0580. The van der Waals surface area contributed by atoms with Gasteiger partial charge in [-0.1, -0.05) is 0 Å². The van der Waals surface area contributed by atoms with E-state index in [0.29, 0.717) is 6.54 Å². The second-order valence-electron chi connectivity index (χ2n) is 3.09. The summed E-state index contributed by atoms with van der Waals surface area (Å²) in [4.78, 5) is 7.75. The normalized spacial score (nSPS) is 29.1. The zero-order valence-corrected chi connectivity index (χ0v) is 6.70. The topological polar surface area (TPSA) is 58.0 Å². The lowest BCUT2D eigenvalue weighted by Crippen LogP contribution is -2.28. The Morgan fingerprint density at radius 1 is 1.42 bits per heavy atom. The molecule has 1 aliphatic rings. The van der Waals surface area contributed by atoms with Gasteiger partial charge in [0.05, 0.1) is 0 Å². The summed E-state index contributed by atoms with van der Waals surface area (Å²) in [5.41, 5.74) is 0.0522. The van der Waals surface area contributed by atoms with E-state index < -0.39 is 5.60 Å². The Hall–Kier alpha value is -1.00. The maximum absolute atomic E-state index is 10.0. The molecule has 2 heterocycles. The molecule has 2 N–H and O–H groups in total. The van der Waals surface area contributed by atoms with Crippen LogP contribution in [0.5, 0.6) is 0 Å². The Morgan fingerprint density at radius 3 is 2.75 bits per heavy atom. The number of hydrogen-bond donors (Lipinski definition) is 2. The first-order valence-electron chi connectivity index (χ1n) is 4.00. The third-order valence-electron chi connectivity index (χ3n) is 2.23. The molecule has 0 spiro atoms. The molecule has 1 aliphatic heterocycles. The highest BCUT2D eigenvalue weighted by Crippen LogP contribution is 2.25. The number of nitrogens with one attached hydrogen (secondary N) is 1. The summed E-state index contributed by atoms with van der Waals surface area (Å²) in [6, 6.07) is 0. The van der Waals surface area contributed by atoms with Crippen molar-refractivity contribution in [1.29, 1.82) is 0 Å². The summed E-state index contributed by atoms with van der Waals surface area (Å²) in [5.74, 6) is 0. The fourth-order valence-electron chi connectivity index (χ4n) is 1.46. The van der Waals surface area contributed by atoms with Crippen molar-refractivity contribution in [2.75, 3.05) is 13.1 Å². The molecule has 0 aliphatic carbocycles. The van der Waals surface area contributed by atoms with Gasteiger partial charge in [0.1, 0.15) is 11.9 Å². The number of β-amino-alcohol motifs (C(OH)–C–C–N with tert-alkyl or cyclic N) is 1. The van der Waals surface area contributed by atoms with Gasteiger partial charge in [-0.15, -0.1) is 0 Å². The van der Waals surface area contributed by atoms with Gasteiger partial charge in [0.15, 0.2) is 0 Å². The van der Waals surface area contributed by atoms with Crippen LogP contribution in [0.3, 0.4) is 0 Å². The van der Waals surface area contributed by atoms with E-state index in [1.165, 1.54) is 6.33 Å². The van der Waals surface area contributed by atoms with Crippen molar-refractivity contribution in [1.82, 2.24) is 15.3 Å².